The Hall–Kier alpha value is -2.69. The van der Waals surface area contributed by atoms with Crippen molar-refractivity contribution < 1.29 is 14.3 Å². The summed E-state index contributed by atoms with van der Waals surface area (Å²) in [5.74, 6) is 1.17. The minimum atomic E-state index is -0.0974. The van der Waals surface area contributed by atoms with Crippen LogP contribution in [0.3, 0.4) is 0 Å². The summed E-state index contributed by atoms with van der Waals surface area (Å²) in [6.07, 6.45) is 0. The highest BCUT2D eigenvalue weighted by molar-refractivity contribution is 5.95. The van der Waals surface area contributed by atoms with Crippen molar-refractivity contribution in [2.24, 2.45) is 0 Å². The summed E-state index contributed by atoms with van der Waals surface area (Å²) in [6, 6.07) is 9.56. The van der Waals surface area contributed by atoms with Crippen LogP contribution in [-0.4, -0.2) is 26.7 Å². The molecule has 0 fully saturated rings. The number of carbonyl (C=O) groups excluding carboxylic acids is 1. The number of amides is 1. The molecular weight excluding hydrogens is 304 g/mol. The third-order valence-corrected chi connectivity index (χ3v) is 3.78. The Labute approximate surface area is 143 Å². The zero-order valence-corrected chi connectivity index (χ0v) is 14.8. The standard InChI is InChI=1S/C19H24N2O3/c1-12-8-13(2)19(14(3)9-12)21-18(22)11-20-15-6-7-16(23-4)17(10-15)24-5/h6-10,20H,11H2,1-5H3,(H,21,22). The lowest BCUT2D eigenvalue weighted by molar-refractivity contribution is -0.114. The van der Waals surface area contributed by atoms with E-state index in [0.29, 0.717) is 11.5 Å². The molecule has 5 nitrogen and oxygen atoms in total. The number of anilines is 2. The molecule has 2 N–H and O–H groups in total. The summed E-state index contributed by atoms with van der Waals surface area (Å²) >= 11 is 0. The summed E-state index contributed by atoms with van der Waals surface area (Å²) in [7, 11) is 3.17. The van der Waals surface area contributed by atoms with E-state index < -0.39 is 0 Å². The Bertz CT molecular complexity index is 718. The van der Waals surface area contributed by atoms with E-state index in [9.17, 15) is 4.79 Å². The number of benzene rings is 2. The molecule has 0 saturated heterocycles. The SMILES string of the molecule is COc1ccc(NCC(=O)Nc2c(C)cc(C)cc2C)cc1OC. The fourth-order valence-electron chi connectivity index (χ4n) is 2.69. The molecule has 128 valence electrons. The second-order valence-corrected chi connectivity index (χ2v) is 5.75. The molecule has 2 aromatic rings. The van der Waals surface area contributed by atoms with E-state index in [1.807, 2.05) is 26.8 Å². The number of rotatable bonds is 6. The van der Waals surface area contributed by atoms with Gasteiger partial charge in [0.2, 0.25) is 5.91 Å². The molecule has 0 saturated carbocycles. The molecule has 2 rings (SSSR count). The second-order valence-electron chi connectivity index (χ2n) is 5.75. The largest absolute Gasteiger partial charge is 0.493 e. The van der Waals surface area contributed by atoms with Gasteiger partial charge in [-0.05, 0) is 44.0 Å². The minimum Gasteiger partial charge on any atom is -0.493 e. The van der Waals surface area contributed by atoms with Gasteiger partial charge in [-0.3, -0.25) is 4.79 Å². The topological polar surface area (TPSA) is 59.6 Å². The van der Waals surface area contributed by atoms with Crippen molar-refractivity contribution in [1.29, 1.82) is 0 Å². The van der Waals surface area contributed by atoms with Gasteiger partial charge in [-0.1, -0.05) is 17.7 Å². The summed E-state index contributed by atoms with van der Waals surface area (Å²) in [4.78, 5) is 12.2. The summed E-state index contributed by atoms with van der Waals surface area (Å²) in [6.45, 7) is 6.21. The number of hydrogen-bond acceptors (Lipinski definition) is 4. The van der Waals surface area contributed by atoms with Gasteiger partial charge in [-0.25, -0.2) is 0 Å². The molecule has 0 aliphatic heterocycles. The number of methoxy groups -OCH3 is 2. The highest BCUT2D eigenvalue weighted by Gasteiger charge is 2.09. The van der Waals surface area contributed by atoms with Crippen LogP contribution in [0.1, 0.15) is 16.7 Å². The summed E-state index contributed by atoms with van der Waals surface area (Å²) in [5.41, 5.74) is 4.98. The van der Waals surface area contributed by atoms with E-state index in [1.165, 1.54) is 5.56 Å². The van der Waals surface area contributed by atoms with Crippen LogP contribution < -0.4 is 20.1 Å². The fraction of sp³-hybridized carbons (Fsp3) is 0.316. The van der Waals surface area contributed by atoms with E-state index in [2.05, 4.69) is 22.8 Å². The van der Waals surface area contributed by atoms with E-state index >= 15 is 0 Å². The van der Waals surface area contributed by atoms with E-state index in [-0.39, 0.29) is 12.5 Å². The Kier molecular flexibility index (Phi) is 5.68. The van der Waals surface area contributed by atoms with Gasteiger partial charge in [0.05, 0.1) is 20.8 Å². The fourth-order valence-corrected chi connectivity index (χ4v) is 2.69. The van der Waals surface area contributed by atoms with Gasteiger partial charge in [-0.15, -0.1) is 0 Å². The first-order valence-electron chi connectivity index (χ1n) is 7.78. The van der Waals surface area contributed by atoms with Gasteiger partial charge in [-0.2, -0.15) is 0 Å². The molecule has 0 radical (unpaired) electrons. The third kappa shape index (κ3) is 4.19. The molecule has 5 heteroatoms. The van der Waals surface area contributed by atoms with Gasteiger partial charge in [0.15, 0.2) is 11.5 Å². The number of nitrogens with one attached hydrogen (secondary N) is 2. The lowest BCUT2D eigenvalue weighted by Crippen LogP contribution is -2.22. The molecule has 0 unspecified atom stereocenters. The number of carbonyl (C=O) groups is 1. The number of hydrogen-bond donors (Lipinski definition) is 2. The normalized spacial score (nSPS) is 10.2. The molecule has 24 heavy (non-hydrogen) atoms. The van der Waals surface area contributed by atoms with Crippen LogP contribution in [0.2, 0.25) is 0 Å². The monoisotopic (exact) mass is 328 g/mol. The van der Waals surface area contributed by atoms with Crippen LogP contribution in [0, 0.1) is 20.8 Å². The summed E-state index contributed by atoms with van der Waals surface area (Å²) < 4.78 is 10.5. The average Bonchev–Trinajstić information content (AvgIpc) is 2.55. The van der Waals surface area contributed by atoms with Crippen LogP contribution in [-0.2, 0) is 4.79 Å². The van der Waals surface area contributed by atoms with Crippen molar-refractivity contribution in [1.82, 2.24) is 0 Å². The highest BCUT2D eigenvalue weighted by atomic mass is 16.5. The molecule has 0 aliphatic carbocycles. The van der Waals surface area contributed by atoms with Gasteiger partial charge in [0, 0.05) is 17.4 Å². The lowest BCUT2D eigenvalue weighted by Gasteiger charge is -2.14. The first-order valence-corrected chi connectivity index (χ1v) is 7.78. The quantitative estimate of drug-likeness (QED) is 0.849. The van der Waals surface area contributed by atoms with Gasteiger partial charge in [0.25, 0.3) is 0 Å². The molecular formula is C19H24N2O3. The Morgan fingerprint density at radius 2 is 1.58 bits per heavy atom. The molecule has 0 heterocycles. The third-order valence-electron chi connectivity index (χ3n) is 3.78. The van der Waals surface area contributed by atoms with E-state index in [4.69, 9.17) is 9.47 Å². The molecule has 1 amide bonds. The maximum atomic E-state index is 12.2. The van der Waals surface area contributed by atoms with Gasteiger partial charge < -0.3 is 20.1 Å². The molecule has 0 spiro atoms. The maximum Gasteiger partial charge on any atom is 0.243 e. The van der Waals surface area contributed by atoms with Crippen LogP contribution in [0.25, 0.3) is 0 Å². The zero-order valence-electron chi connectivity index (χ0n) is 14.8. The van der Waals surface area contributed by atoms with Crippen molar-refractivity contribution in [3.63, 3.8) is 0 Å². The number of ether oxygens (including phenoxy) is 2. The summed E-state index contributed by atoms with van der Waals surface area (Å²) in [5, 5.41) is 6.06. The Morgan fingerprint density at radius 1 is 0.958 bits per heavy atom. The van der Waals surface area contributed by atoms with Crippen molar-refractivity contribution in [3.05, 3.63) is 47.0 Å². The van der Waals surface area contributed by atoms with Crippen molar-refractivity contribution in [2.45, 2.75) is 20.8 Å². The predicted molar refractivity (Wildman–Crippen MR) is 97.3 cm³/mol. The highest BCUT2D eigenvalue weighted by Crippen LogP contribution is 2.29. The average molecular weight is 328 g/mol. The van der Waals surface area contributed by atoms with Gasteiger partial charge in [0.1, 0.15) is 0 Å². The van der Waals surface area contributed by atoms with Crippen molar-refractivity contribution in [3.8, 4) is 11.5 Å². The van der Waals surface area contributed by atoms with E-state index in [0.717, 1.165) is 22.5 Å². The smallest absolute Gasteiger partial charge is 0.243 e. The van der Waals surface area contributed by atoms with Crippen LogP contribution >= 0.6 is 0 Å². The number of aryl methyl sites for hydroxylation is 3. The molecule has 0 aliphatic rings. The molecule has 0 bridgehead atoms. The van der Waals surface area contributed by atoms with Gasteiger partial charge >= 0.3 is 0 Å². The first-order chi connectivity index (χ1) is 11.4. The van der Waals surface area contributed by atoms with Crippen molar-refractivity contribution in [2.75, 3.05) is 31.4 Å². The van der Waals surface area contributed by atoms with Crippen LogP contribution in [0.4, 0.5) is 11.4 Å². The van der Waals surface area contributed by atoms with Crippen LogP contribution in [0.5, 0.6) is 11.5 Å². The molecule has 0 aromatic heterocycles. The minimum absolute atomic E-state index is 0.0974. The van der Waals surface area contributed by atoms with Crippen molar-refractivity contribution >= 4 is 17.3 Å². The maximum absolute atomic E-state index is 12.2. The lowest BCUT2D eigenvalue weighted by atomic mass is 10.1. The predicted octanol–water partition coefficient (Wildman–Crippen LogP) is 3.68. The zero-order chi connectivity index (χ0) is 17.7. The van der Waals surface area contributed by atoms with E-state index in [1.54, 1.807) is 26.4 Å². The first kappa shape index (κ1) is 17.7. The Balaban J connectivity index is 2.01. The van der Waals surface area contributed by atoms with Crippen LogP contribution in [0.15, 0.2) is 30.3 Å². The molecule has 2 aromatic carbocycles. The molecule has 0 atom stereocenters. The Morgan fingerprint density at radius 3 is 2.17 bits per heavy atom. The second kappa shape index (κ2) is 7.73.